The van der Waals surface area contributed by atoms with Gasteiger partial charge in [0, 0.05) is 30.5 Å². The van der Waals surface area contributed by atoms with Crippen molar-refractivity contribution in [1.29, 1.82) is 0 Å². The van der Waals surface area contributed by atoms with Crippen molar-refractivity contribution in [1.82, 2.24) is 9.97 Å². The second-order valence-electron chi connectivity index (χ2n) is 7.27. The Labute approximate surface area is 173 Å². The van der Waals surface area contributed by atoms with E-state index in [0.717, 1.165) is 41.7 Å². The number of aryl methyl sites for hydroxylation is 1. The van der Waals surface area contributed by atoms with Crippen LogP contribution in [0.2, 0.25) is 0 Å². The van der Waals surface area contributed by atoms with E-state index in [2.05, 4.69) is 86.1 Å². The molecule has 4 rings (SSSR count). The molecule has 3 aromatic rings. The summed E-state index contributed by atoms with van der Waals surface area (Å²) in [6.45, 7) is 7.36. The normalized spacial score (nSPS) is 15.6. The highest BCUT2D eigenvalue weighted by atomic mass is 35.5. The van der Waals surface area contributed by atoms with Gasteiger partial charge in [0.15, 0.2) is 0 Å². The van der Waals surface area contributed by atoms with Crippen LogP contribution < -0.4 is 9.80 Å². The Bertz CT molecular complexity index is 958. The van der Waals surface area contributed by atoms with Crippen LogP contribution in [0, 0.1) is 13.8 Å². The fraction of sp³-hybridized carbons (Fsp3) is 0.304. The van der Waals surface area contributed by atoms with E-state index in [1.807, 2.05) is 6.07 Å². The minimum atomic E-state index is 0. The van der Waals surface area contributed by atoms with Crippen LogP contribution >= 0.6 is 12.4 Å². The third-order valence-corrected chi connectivity index (χ3v) is 5.66. The van der Waals surface area contributed by atoms with Gasteiger partial charge in [-0.05, 0) is 50.5 Å². The van der Waals surface area contributed by atoms with Crippen LogP contribution in [-0.2, 0) is 6.42 Å². The van der Waals surface area contributed by atoms with Crippen molar-refractivity contribution in [2.45, 2.75) is 33.2 Å². The van der Waals surface area contributed by atoms with Gasteiger partial charge in [0.05, 0.1) is 6.04 Å². The van der Waals surface area contributed by atoms with Crippen molar-refractivity contribution in [3.63, 3.8) is 0 Å². The molecule has 1 unspecified atom stereocenters. The highest BCUT2D eigenvalue weighted by molar-refractivity contribution is 5.85. The van der Waals surface area contributed by atoms with Gasteiger partial charge in [0.25, 0.3) is 0 Å². The molecule has 1 aliphatic rings. The second-order valence-corrected chi connectivity index (χ2v) is 7.27. The summed E-state index contributed by atoms with van der Waals surface area (Å²) in [6.07, 6.45) is 1.03. The topological polar surface area (TPSA) is 32.3 Å². The Hall–Kier alpha value is -2.59. The van der Waals surface area contributed by atoms with Crippen LogP contribution in [0.1, 0.15) is 35.3 Å². The van der Waals surface area contributed by atoms with Gasteiger partial charge in [-0.25, -0.2) is 4.98 Å². The Balaban J connectivity index is 0.00000225. The molecule has 0 saturated heterocycles. The standard InChI is InChI=1S/C23H26N4.ClH/c1-16-17(2)24-23(25-22(16)26(4)20-11-6-5-7-12-20)27-15-14-19-10-8-9-13-21(19)18(27)3;/h5-13,18H,14-15H2,1-4H3;1H. The van der Waals surface area contributed by atoms with Gasteiger partial charge in [0.2, 0.25) is 5.95 Å². The summed E-state index contributed by atoms with van der Waals surface area (Å²) in [5.74, 6) is 1.78. The lowest BCUT2D eigenvalue weighted by molar-refractivity contribution is 0.607. The molecule has 4 nitrogen and oxygen atoms in total. The lowest BCUT2D eigenvalue weighted by Gasteiger charge is -2.36. The van der Waals surface area contributed by atoms with E-state index < -0.39 is 0 Å². The van der Waals surface area contributed by atoms with Gasteiger partial charge in [-0.3, -0.25) is 0 Å². The van der Waals surface area contributed by atoms with Crippen LogP contribution in [0.25, 0.3) is 0 Å². The molecule has 0 amide bonds. The van der Waals surface area contributed by atoms with Gasteiger partial charge < -0.3 is 9.80 Å². The third-order valence-electron chi connectivity index (χ3n) is 5.66. The van der Waals surface area contributed by atoms with E-state index in [4.69, 9.17) is 9.97 Å². The second kappa shape index (κ2) is 8.19. The number of benzene rings is 2. The first-order valence-electron chi connectivity index (χ1n) is 9.54. The first-order chi connectivity index (χ1) is 13.1. The van der Waals surface area contributed by atoms with E-state index in [-0.39, 0.29) is 18.4 Å². The summed E-state index contributed by atoms with van der Waals surface area (Å²) < 4.78 is 0. The Morgan fingerprint density at radius 3 is 2.39 bits per heavy atom. The lowest BCUT2D eigenvalue weighted by atomic mass is 9.94. The first-order valence-corrected chi connectivity index (χ1v) is 9.54. The highest BCUT2D eigenvalue weighted by Crippen LogP contribution is 2.34. The van der Waals surface area contributed by atoms with Gasteiger partial charge in [0.1, 0.15) is 5.82 Å². The third kappa shape index (κ3) is 3.57. The van der Waals surface area contributed by atoms with Crippen LogP contribution in [0.5, 0.6) is 0 Å². The summed E-state index contributed by atoms with van der Waals surface area (Å²) in [4.78, 5) is 14.3. The fourth-order valence-corrected chi connectivity index (χ4v) is 3.87. The molecule has 0 fully saturated rings. The average Bonchev–Trinajstić information content (AvgIpc) is 2.71. The number of hydrogen-bond donors (Lipinski definition) is 0. The lowest BCUT2D eigenvalue weighted by Crippen LogP contribution is -2.35. The van der Waals surface area contributed by atoms with E-state index in [1.54, 1.807) is 0 Å². The van der Waals surface area contributed by atoms with Crippen LogP contribution in [0.3, 0.4) is 0 Å². The minimum absolute atomic E-state index is 0. The molecule has 1 aromatic heterocycles. The van der Waals surface area contributed by atoms with Crippen molar-refractivity contribution in [2.75, 3.05) is 23.4 Å². The van der Waals surface area contributed by atoms with Crippen molar-refractivity contribution in [3.8, 4) is 0 Å². The molecule has 0 spiro atoms. The number of anilines is 3. The Kier molecular flexibility index (Phi) is 5.90. The SMILES string of the molecule is Cc1nc(N2CCc3ccccc3C2C)nc(N(C)c2ccccc2)c1C.Cl. The molecule has 2 aromatic carbocycles. The van der Waals surface area contributed by atoms with E-state index in [9.17, 15) is 0 Å². The predicted molar refractivity (Wildman–Crippen MR) is 119 cm³/mol. The van der Waals surface area contributed by atoms with Crippen LogP contribution in [-0.4, -0.2) is 23.6 Å². The van der Waals surface area contributed by atoms with Gasteiger partial charge in [-0.1, -0.05) is 42.5 Å². The maximum atomic E-state index is 5.00. The largest absolute Gasteiger partial charge is 0.334 e. The molecule has 0 saturated carbocycles. The molecule has 28 heavy (non-hydrogen) atoms. The number of para-hydroxylation sites is 1. The monoisotopic (exact) mass is 394 g/mol. The average molecular weight is 395 g/mol. The van der Waals surface area contributed by atoms with E-state index in [0.29, 0.717) is 0 Å². The van der Waals surface area contributed by atoms with Gasteiger partial charge >= 0.3 is 0 Å². The quantitative estimate of drug-likeness (QED) is 0.594. The van der Waals surface area contributed by atoms with Crippen LogP contribution in [0.4, 0.5) is 17.5 Å². The van der Waals surface area contributed by atoms with Crippen molar-refractivity contribution >= 4 is 29.9 Å². The molecule has 5 heteroatoms. The van der Waals surface area contributed by atoms with Crippen molar-refractivity contribution in [2.24, 2.45) is 0 Å². The molecule has 0 aliphatic carbocycles. The molecule has 146 valence electrons. The zero-order chi connectivity index (χ0) is 19.0. The highest BCUT2D eigenvalue weighted by Gasteiger charge is 2.26. The number of aromatic nitrogens is 2. The first kappa shape index (κ1) is 20.2. The maximum Gasteiger partial charge on any atom is 0.228 e. The van der Waals surface area contributed by atoms with Crippen LogP contribution in [0.15, 0.2) is 54.6 Å². The fourth-order valence-electron chi connectivity index (χ4n) is 3.87. The number of halogens is 1. The summed E-state index contributed by atoms with van der Waals surface area (Å²) in [7, 11) is 2.07. The van der Waals surface area contributed by atoms with Gasteiger partial charge in [-0.15, -0.1) is 12.4 Å². The maximum absolute atomic E-state index is 5.00. The molecular formula is C23H27ClN4. The molecular weight excluding hydrogens is 368 g/mol. The molecule has 2 heterocycles. The smallest absolute Gasteiger partial charge is 0.228 e. The molecule has 0 radical (unpaired) electrons. The number of nitrogens with zero attached hydrogens (tertiary/aromatic N) is 4. The molecule has 1 atom stereocenters. The molecule has 0 bridgehead atoms. The van der Waals surface area contributed by atoms with Gasteiger partial charge in [-0.2, -0.15) is 4.98 Å². The Morgan fingerprint density at radius 1 is 0.964 bits per heavy atom. The number of rotatable bonds is 3. The summed E-state index contributed by atoms with van der Waals surface area (Å²) in [6, 6.07) is 19.3. The summed E-state index contributed by atoms with van der Waals surface area (Å²) >= 11 is 0. The van der Waals surface area contributed by atoms with Crippen molar-refractivity contribution in [3.05, 3.63) is 77.0 Å². The zero-order valence-electron chi connectivity index (χ0n) is 16.9. The van der Waals surface area contributed by atoms with Crippen molar-refractivity contribution < 1.29 is 0 Å². The molecule has 1 aliphatic heterocycles. The summed E-state index contributed by atoms with van der Waals surface area (Å²) in [5.41, 5.74) is 6.09. The van der Waals surface area contributed by atoms with E-state index >= 15 is 0 Å². The minimum Gasteiger partial charge on any atom is -0.334 e. The zero-order valence-corrected chi connectivity index (χ0v) is 17.7. The Morgan fingerprint density at radius 2 is 1.64 bits per heavy atom. The number of hydrogen-bond acceptors (Lipinski definition) is 4. The van der Waals surface area contributed by atoms with E-state index in [1.165, 1.54) is 11.1 Å². The number of fused-ring (bicyclic) bond motifs is 1. The summed E-state index contributed by atoms with van der Waals surface area (Å²) in [5, 5.41) is 0. The predicted octanol–water partition coefficient (Wildman–Crippen LogP) is 5.41. The molecule has 0 N–H and O–H groups in total.